The van der Waals surface area contributed by atoms with Gasteiger partial charge in [0.15, 0.2) is 5.65 Å². The third kappa shape index (κ3) is 2.81. The van der Waals surface area contributed by atoms with Gasteiger partial charge in [-0.1, -0.05) is 0 Å². The maximum atomic E-state index is 12.6. The smallest absolute Gasteiger partial charge is 0.261 e. The van der Waals surface area contributed by atoms with E-state index in [0.717, 1.165) is 17.7 Å². The van der Waals surface area contributed by atoms with Crippen molar-refractivity contribution < 1.29 is 9.59 Å². The van der Waals surface area contributed by atoms with E-state index in [0.29, 0.717) is 23.3 Å². The number of aromatic nitrogens is 3. The highest BCUT2D eigenvalue weighted by atomic mass is 16.2. The number of carbonyl (C=O) groups is 2. The second-order valence-electron chi connectivity index (χ2n) is 6.61. The van der Waals surface area contributed by atoms with E-state index in [1.54, 1.807) is 22.8 Å². The number of fused-ring (bicyclic) bond motifs is 1. The van der Waals surface area contributed by atoms with E-state index >= 15 is 0 Å². The van der Waals surface area contributed by atoms with Gasteiger partial charge in [-0.2, -0.15) is 5.10 Å². The van der Waals surface area contributed by atoms with Crippen LogP contribution in [0.2, 0.25) is 0 Å². The molecule has 1 N–H and O–H groups in total. The highest BCUT2D eigenvalue weighted by Crippen LogP contribution is 2.27. The Morgan fingerprint density at radius 1 is 1.23 bits per heavy atom. The minimum atomic E-state index is -0.269. The van der Waals surface area contributed by atoms with Crippen molar-refractivity contribution in [1.82, 2.24) is 14.6 Å². The van der Waals surface area contributed by atoms with Crippen LogP contribution in [0.1, 0.15) is 35.7 Å². The molecule has 2 aromatic heterocycles. The summed E-state index contributed by atoms with van der Waals surface area (Å²) in [7, 11) is 0. The van der Waals surface area contributed by atoms with Gasteiger partial charge in [-0.25, -0.2) is 9.50 Å². The number of amides is 2. The van der Waals surface area contributed by atoms with Crippen molar-refractivity contribution >= 4 is 28.8 Å². The zero-order valence-electron chi connectivity index (χ0n) is 14.6. The Bertz CT molecular complexity index is 993. The summed E-state index contributed by atoms with van der Waals surface area (Å²) in [5.41, 5.74) is 3.41. The molecule has 7 nitrogen and oxygen atoms in total. The summed E-state index contributed by atoms with van der Waals surface area (Å²) < 4.78 is 1.59. The summed E-state index contributed by atoms with van der Waals surface area (Å²) in [6.07, 6.45) is 6.49. The maximum Gasteiger partial charge on any atom is 0.261 e. The van der Waals surface area contributed by atoms with Crippen molar-refractivity contribution in [3.05, 3.63) is 54.0 Å². The maximum absolute atomic E-state index is 12.6. The SMILES string of the molecule is Cc1cnc2c(C(=O)Nc3ccc(N4C(=O)CCC4C)cc3)cnn2c1. The normalized spacial score (nSPS) is 17.1. The van der Waals surface area contributed by atoms with Crippen LogP contribution in [0.15, 0.2) is 42.9 Å². The summed E-state index contributed by atoms with van der Waals surface area (Å²) in [4.78, 5) is 30.6. The standard InChI is InChI=1S/C19H19N5O2/c1-12-9-20-18-16(10-21-23(18)11-12)19(26)22-14-4-6-15(7-5-14)24-13(2)3-8-17(24)25/h4-7,9-11,13H,3,8H2,1-2H3,(H,22,26). The Morgan fingerprint density at radius 2 is 2.00 bits per heavy atom. The lowest BCUT2D eigenvalue weighted by Crippen LogP contribution is -2.30. The van der Waals surface area contributed by atoms with Crippen molar-refractivity contribution in [2.75, 3.05) is 10.2 Å². The molecule has 1 unspecified atom stereocenters. The van der Waals surface area contributed by atoms with Crippen LogP contribution in [0.3, 0.4) is 0 Å². The lowest BCUT2D eigenvalue weighted by molar-refractivity contribution is -0.117. The molecule has 7 heteroatoms. The van der Waals surface area contributed by atoms with Crippen LogP contribution in [0.25, 0.3) is 5.65 Å². The highest BCUT2D eigenvalue weighted by Gasteiger charge is 2.28. The van der Waals surface area contributed by atoms with Crippen LogP contribution in [-0.4, -0.2) is 32.5 Å². The number of aryl methyl sites for hydroxylation is 1. The molecule has 2 amide bonds. The predicted octanol–water partition coefficient (Wildman–Crippen LogP) is 2.81. The van der Waals surface area contributed by atoms with Gasteiger partial charge in [0.25, 0.3) is 5.91 Å². The number of hydrogen-bond acceptors (Lipinski definition) is 4. The van der Waals surface area contributed by atoms with Gasteiger partial charge in [0, 0.05) is 36.2 Å². The molecule has 1 fully saturated rings. The number of hydrogen-bond donors (Lipinski definition) is 1. The van der Waals surface area contributed by atoms with Crippen LogP contribution < -0.4 is 10.2 Å². The molecule has 1 aromatic carbocycles. The van der Waals surface area contributed by atoms with Crippen molar-refractivity contribution in [3.63, 3.8) is 0 Å². The third-order valence-corrected chi connectivity index (χ3v) is 4.62. The van der Waals surface area contributed by atoms with Crippen molar-refractivity contribution in [2.24, 2.45) is 0 Å². The Hall–Kier alpha value is -3.22. The molecule has 3 aromatic rings. The molecule has 26 heavy (non-hydrogen) atoms. The van der Waals surface area contributed by atoms with Crippen LogP contribution in [0.4, 0.5) is 11.4 Å². The van der Waals surface area contributed by atoms with E-state index < -0.39 is 0 Å². The van der Waals surface area contributed by atoms with Crippen molar-refractivity contribution in [2.45, 2.75) is 32.7 Å². The molecule has 0 radical (unpaired) electrons. The minimum Gasteiger partial charge on any atom is -0.322 e. The summed E-state index contributed by atoms with van der Waals surface area (Å²) >= 11 is 0. The molecule has 132 valence electrons. The quantitative estimate of drug-likeness (QED) is 0.788. The van der Waals surface area contributed by atoms with E-state index in [4.69, 9.17) is 0 Å². The number of nitrogens with zero attached hydrogens (tertiary/aromatic N) is 4. The number of benzene rings is 1. The van der Waals surface area contributed by atoms with Gasteiger partial charge >= 0.3 is 0 Å². The van der Waals surface area contributed by atoms with Gasteiger partial charge in [-0.3, -0.25) is 9.59 Å². The lowest BCUT2D eigenvalue weighted by atomic mass is 10.2. The number of rotatable bonds is 3. The summed E-state index contributed by atoms with van der Waals surface area (Å²) in [5.74, 6) is -0.128. The minimum absolute atomic E-state index is 0.141. The molecule has 0 aliphatic carbocycles. The average molecular weight is 349 g/mol. The van der Waals surface area contributed by atoms with Gasteiger partial charge in [0.1, 0.15) is 5.56 Å². The first kappa shape index (κ1) is 16.3. The monoisotopic (exact) mass is 349 g/mol. The first-order valence-corrected chi connectivity index (χ1v) is 8.56. The zero-order valence-corrected chi connectivity index (χ0v) is 14.6. The van der Waals surface area contributed by atoms with Crippen LogP contribution in [0.5, 0.6) is 0 Å². The molecule has 0 bridgehead atoms. The molecule has 1 aliphatic rings. The first-order valence-electron chi connectivity index (χ1n) is 8.56. The van der Waals surface area contributed by atoms with Gasteiger partial charge in [-0.15, -0.1) is 0 Å². The second-order valence-corrected chi connectivity index (χ2v) is 6.61. The molecule has 1 aliphatic heterocycles. The van der Waals surface area contributed by atoms with Gasteiger partial charge < -0.3 is 10.2 Å². The fourth-order valence-electron chi connectivity index (χ4n) is 3.26. The van der Waals surface area contributed by atoms with E-state index in [9.17, 15) is 9.59 Å². The number of nitrogens with one attached hydrogen (secondary N) is 1. The highest BCUT2D eigenvalue weighted by molar-refractivity contribution is 6.08. The molecular weight excluding hydrogens is 330 g/mol. The summed E-state index contributed by atoms with van der Waals surface area (Å²) in [6, 6.07) is 7.51. The van der Waals surface area contributed by atoms with Crippen molar-refractivity contribution in [3.8, 4) is 0 Å². The molecule has 0 spiro atoms. The van der Waals surface area contributed by atoms with E-state index in [1.807, 2.05) is 37.1 Å². The van der Waals surface area contributed by atoms with Crippen LogP contribution in [0, 0.1) is 6.92 Å². The van der Waals surface area contributed by atoms with Crippen LogP contribution >= 0.6 is 0 Å². The van der Waals surface area contributed by atoms with Gasteiger partial charge in [-0.05, 0) is 50.1 Å². The van der Waals surface area contributed by atoms with Crippen molar-refractivity contribution in [1.29, 1.82) is 0 Å². The van der Waals surface area contributed by atoms with Crippen LogP contribution in [-0.2, 0) is 4.79 Å². The number of carbonyl (C=O) groups excluding carboxylic acids is 2. The Balaban J connectivity index is 1.53. The fourth-order valence-corrected chi connectivity index (χ4v) is 3.26. The Kier molecular flexibility index (Phi) is 3.91. The van der Waals surface area contributed by atoms with Gasteiger partial charge in [0.05, 0.1) is 6.20 Å². The Morgan fingerprint density at radius 3 is 2.69 bits per heavy atom. The summed E-state index contributed by atoms with van der Waals surface area (Å²) in [5, 5.41) is 7.03. The molecular formula is C19H19N5O2. The fraction of sp³-hybridized carbons (Fsp3) is 0.263. The topological polar surface area (TPSA) is 79.6 Å². The predicted molar refractivity (Wildman–Crippen MR) is 98.3 cm³/mol. The molecule has 1 atom stereocenters. The third-order valence-electron chi connectivity index (χ3n) is 4.62. The van der Waals surface area contributed by atoms with E-state index in [1.165, 1.54) is 6.20 Å². The molecule has 3 heterocycles. The Labute approximate surface area is 150 Å². The first-order chi connectivity index (χ1) is 12.5. The van der Waals surface area contributed by atoms with E-state index in [2.05, 4.69) is 15.4 Å². The zero-order chi connectivity index (χ0) is 18.3. The molecule has 1 saturated heterocycles. The molecule has 4 rings (SSSR count). The average Bonchev–Trinajstić information content (AvgIpc) is 3.18. The number of anilines is 2. The largest absolute Gasteiger partial charge is 0.322 e. The lowest BCUT2D eigenvalue weighted by Gasteiger charge is -2.21. The molecule has 0 saturated carbocycles. The summed E-state index contributed by atoms with van der Waals surface area (Å²) in [6.45, 7) is 3.96. The van der Waals surface area contributed by atoms with E-state index in [-0.39, 0.29) is 17.9 Å². The van der Waals surface area contributed by atoms with Gasteiger partial charge in [0.2, 0.25) is 5.91 Å². The second kappa shape index (κ2) is 6.25.